The minimum absolute atomic E-state index is 0.0120. The molecule has 194 valence electrons. The monoisotopic (exact) mass is 544 g/mol. The van der Waals surface area contributed by atoms with E-state index in [1.165, 1.54) is 17.2 Å². The zero-order chi connectivity index (χ0) is 26.5. The van der Waals surface area contributed by atoms with Crippen molar-refractivity contribution in [1.29, 1.82) is 0 Å². The van der Waals surface area contributed by atoms with E-state index in [2.05, 4.69) is 14.7 Å². The average Bonchev–Trinajstić information content (AvgIpc) is 2.75. The number of nitrogens with two attached hydrogens (primary N) is 1. The maximum absolute atomic E-state index is 13.2. The van der Waals surface area contributed by atoms with Crippen molar-refractivity contribution >= 4 is 33.3 Å². The van der Waals surface area contributed by atoms with E-state index in [0.717, 1.165) is 6.07 Å². The first-order chi connectivity index (χ1) is 16.7. The first-order valence-electron chi connectivity index (χ1n) is 11.1. The fraction of sp³-hybridized carbons (Fsp3) is 0.435. The molecule has 2 aromatic rings. The van der Waals surface area contributed by atoms with Gasteiger partial charge in [-0.1, -0.05) is 29.8 Å². The Bertz CT molecular complexity index is 1320. The number of guanidine groups is 1. The van der Waals surface area contributed by atoms with Gasteiger partial charge in [-0.3, -0.25) is 9.69 Å². The Morgan fingerprint density at radius 3 is 2.56 bits per heavy atom. The highest BCUT2D eigenvalue weighted by molar-refractivity contribution is 7.92. The van der Waals surface area contributed by atoms with Gasteiger partial charge in [0.2, 0.25) is 11.8 Å². The lowest BCUT2D eigenvalue weighted by Crippen LogP contribution is -2.56. The summed E-state index contributed by atoms with van der Waals surface area (Å²) in [5.74, 6) is -0.937. The summed E-state index contributed by atoms with van der Waals surface area (Å²) in [7, 11) is -3.19. The Balaban J connectivity index is 1.63. The summed E-state index contributed by atoms with van der Waals surface area (Å²) in [4.78, 5) is 22.9. The number of pyridine rings is 1. The van der Waals surface area contributed by atoms with E-state index in [1.54, 1.807) is 32.0 Å². The zero-order valence-electron chi connectivity index (χ0n) is 19.4. The highest BCUT2D eigenvalue weighted by Crippen LogP contribution is 2.42. The number of ether oxygens (including phenoxy) is 1. The van der Waals surface area contributed by atoms with Crippen LogP contribution in [0.25, 0.3) is 11.1 Å². The second-order valence-electron chi connectivity index (χ2n) is 9.14. The molecule has 1 aromatic heterocycles. The van der Waals surface area contributed by atoms with Crippen molar-refractivity contribution in [2.24, 2.45) is 10.7 Å². The van der Waals surface area contributed by atoms with Crippen LogP contribution in [-0.4, -0.2) is 53.6 Å². The number of aromatic nitrogens is 1. The molecular formula is C23H24ClF3N4O4S. The number of rotatable bonds is 4. The van der Waals surface area contributed by atoms with Crippen molar-refractivity contribution in [2.45, 2.75) is 56.3 Å². The number of amides is 1. The van der Waals surface area contributed by atoms with Crippen molar-refractivity contribution in [1.82, 2.24) is 9.88 Å². The van der Waals surface area contributed by atoms with Gasteiger partial charge in [0.05, 0.1) is 28.0 Å². The summed E-state index contributed by atoms with van der Waals surface area (Å²) < 4.78 is 65.3. The highest BCUT2D eigenvalue weighted by Gasteiger charge is 2.44. The third kappa shape index (κ3) is 5.15. The predicted octanol–water partition coefficient (Wildman–Crippen LogP) is 4.03. The normalized spacial score (nSPS) is 26.4. The first kappa shape index (κ1) is 26.2. The topological polar surface area (TPSA) is 115 Å². The summed E-state index contributed by atoms with van der Waals surface area (Å²) in [5.41, 5.74) is 6.56. The molecule has 0 unspecified atom stereocenters. The molecule has 1 amide bonds. The van der Waals surface area contributed by atoms with Crippen LogP contribution in [0.5, 0.6) is 5.88 Å². The van der Waals surface area contributed by atoms with E-state index >= 15 is 0 Å². The van der Waals surface area contributed by atoms with Gasteiger partial charge >= 0.3 is 6.36 Å². The van der Waals surface area contributed by atoms with Crippen LogP contribution in [0.3, 0.4) is 0 Å². The molecule has 13 heteroatoms. The lowest BCUT2D eigenvalue weighted by atomic mass is 9.85. The van der Waals surface area contributed by atoms with Crippen molar-refractivity contribution in [2.75, 3.05) is 5.75 Å². The van der Waals surface area contributed by atoms with Crippen LogP contribution < -0.4 is 10.5 Å². The van der Waals surface area contributed by atoms with Gasteiger partial charge in [-0.05, 0) is 38.3 Å². The molecule has 1 fully saturated rings. The SMILES string of the molecule is C[C@@H]1C[C@@H](N2C(=O)C[C@@](C)(c3cccc(-c4ccc(OC(F)(F)F)nc4)c3Cl)N=C2N)CCS1(=O)=O. The van der Waals surface area contributed by atoms with E-state index in [1.807, 2.05) is 0 Å². The second kappa shape index (κ2) is 9.22. The number of hydrogen-bond donors (Lipinski definition) is 1. The number of halogens is 4. The number of carbonyl (C=O) groups is 1. The number of aliphatic imine (C=N–C) groups is 1. The third-order valence-corrected chi connectivity index (χ3v) is 9.17. The molecule has 8 nitrogen and oxygen atoms in total. The molecule has 1 aromatic carbocycles. The Morgan fingerprint density at radius 1 is 1.25 bits per heavy atom. The van der Waals surface area contributed by atoms with E-state index in [-0.39, 0.29) is 47.9 Å². The molecule has 4 rings (SSSR count). The Hall–Kier alpha value is -2.86. The highest BCUT2D eigenvalue weighted by atomic mass is 35.5. The van der Waals surface area contributed by atoms with Gasteiger partial charge in [-0.15, -0.1) is 13.2 Å². The number of sulfone groups is 1. The van der Waals surface area contributed by atoms with Gasteiger partial charge < -0.3 is 10.5 Å². The van der Waals surface area contributed by atoms with E-state index in [9.17, 15) is 26.4 Å². The molecule has 0 bridgehead atoms. The number of carbonyl (C=O) groups excluding carboxylic acids is 1. The molecule has 3 heterocycles. The number of nitrogens with zero attached hydrogens (tertiary/aromatic N) is 3. The quantitative estimate of drug-likeness (QED) is 0.621. The lowest BCUT2D eigenvalue weighted by molar-refractivity contribution is -0.276. The molecule has 2 N–H and O–H groups in total. The van der Waals surface area contributed by atoms with Crippen molar-refractivity contribution in [3.05, 3.63) is 47.1 Å². The Labute approximate surface area is 211 Å². The molecule has 0 saturated carbocycles. The van der Waals surface area contributed by atoms with Gasteiger partial charge in [0, 0.05) is 29.4 Å². The van der Waals surface area contributed by atoms with Crippen molar-refractivity contribution in [3.63, 3.8) is 0 Å². The fourth-order valence-corrected chi connectivity index (χ4v) is 6.63. The minimum Gasteiger partial charge on any atom is -0.388 e. The van der Waals surface area contributed by atoms with Gasteiger partial charge in [0.1, 0.15) is 0 Å². The van der Waals surface area contributed by atoms with Crippen LogP contribution in [-0.2, 0) is 20.2 Å². The summed E-state index contributed by atoms with van der Waals surface area (Å²) >= 11 is 6.70. The number of hydrogen-bond acceptors (Lipinski definition) is 7. The summed E-state index contributed by atoms with van der Waals surface area (Å²) in [6, 6.07) is 7.18. The molecule has 2 aliphatic rings. The molecule has 36 heavy (non-hydrogen) atoms. The average molecular weight is 545 g/mol. The largest absolute Gasteiger partial charge is 0.574 e. The Kier molecular flexibility index (Phi) is 6.71. The van der Waals surface area contributed by atoms with E-state index < -0.39 is 32.9 Å². The summed E-state index contributed by atoms with van der Waals surface area (Å²) in [6.45, 7) is 3.34. The van der Waals surface area contributed by atoms with Gasteiger partial charge in [0.25, 0.3) is 0 Å². The van der Waals surface area contributed by atoms with Crippen LogP contribution in [0.15, 0.2) is 41.5 Å². The molecule has 3 atom stereocenters. The second-order valence-corrected chi connectivity index (χ2v) is 12.1. The van der Waals surface area contributed by atoms with Crippen LogP contribution in [0.1, 0.15) is 38.7 Å². The third-order valence-electron chi connectivity index (χ3n) is 6.54. The van der Waals surface area contributed by atoms with Crippen LogP contribution >= 0.6 is 11.6 Å². The molecule has 0 aliphatic carbocycles. The molecule has 0 radical (unpaired) electrons. The standard InChI is InChI=1S/C23H24ClF3N4O4S/c1-13-10-15(8-9-36(13,33)34)31-19(32)11-22(2,30-21(31)28)17-5-3-4-16(20(17)24)14-6-7-18(29-12-14)35-23(25,26)27/h3-7,12-13,15H,8-11H2,1-2H3,(H2,28,30)/t13-,15+,22+/m1/s1. The van der Waals surface area contributed by atoms with Crippen LogP contribution in [0.4, 0.5) is 13.2 Å². The maximum atomic E-state index is 13.2. The molecule has 0 spiro atoms. The molecule has 2 aliphatic heterocycles. The Morgan fingerprint density at radius 2 is 1.97 bits per heavy atom. The lowest BCUT2D eigenvalue weighted by Gasteiger charge is -2.41. The fourth-order valence-electron chi connectivity index (χ4n) is 4.67. The number of alkyl halides is 3. The minimum atomic E-state index is -4.86. The first-order valence-corrected chi connectivity index (χ1v) is 13.2. The van der Waals surface area contributed by atoms with Crippen LogP contribution in [0.2, 0.25) is 5.02 Å². The van der Waals surface area contributed by atoms with Crippen molar-refractivity contribution in [3.8, 4) is 17.0 Å². The van der Waals surface area contributed by atoms with Gasteiger partial charge in [-0.2, -0.15) is 0 Å². The summed E-state index contributed by atoms with van der Waals surface area (Å²) in [6.07, 6.45) is -3.14. The van der Waals surface area contributed by atoms with Crippen LogP contribution in [0, 0.1) is 0 Å². The molecule has 1 saturated heterocycles. The van der Waals surface area contributed by atoms with E-state index in [4.69, 9.17) is 17.3 Å². The van der Waals surface area contributed by atoms with Gasteiger partial charge in [0.15, 0.2) is 15.8 Å². The smallest absolute Gasteiger partial charge is 0.388 e. The maximum Gasteiger partial charge on any atom is 0.574 e. The molecular weight excluding hydrogens is 521 g/mol. The number of benzene rings is 1. The summed E-state index contributed by atoms with van der Waals surface area (Å²) in [5, 5.41) is -0.334. The van der Waals surface area contributed by atoms with Gasteiger partial charge in [-0.25, -0.2) is 18.4 Å². The zero-order valence-corrected chi connectivity index (χ0v) is 21.0. The van der Waals surface area contributed by atoms with Crippen molar-refractivity contribution < 1.29 is 31.1 Å². The predicted molar refractivity (Wildman–Crippen MR) is 128 cm³/mol. The van der Waals surface area contributed by atoms with E-state index in [0.29, 0.717) is 16.7 Å².